The van der Waals surface area contributed by atoms with Gasteiger partial charge in [-0.15, -0.1) is 0 Å². The van der Waals surface area contributed by atoms with E-state index in [0.717, 1.165) is 52.0 Å². The second-order valence-electron chi connectivity index (χ2n) is 5.30. The van der Waals surface area contributed by atoms with Crippen molar-refractivity contribution < 1.29 is 9.53 Å². The molecule has 1 aliphatic heterocycles. The average Bonchev–Trinajstić information content (AvgIpc) is 2.94. The summed E-state index contributed by atoms with van der Waals surface area (Å²) < 4.78 is 5.43. The van der Waals surface area contributed by atoms with Crippen LogP contribution in [0.2, 0.25) is 0 Å². The maximum atomic E-state index is 12.3. The van der Waals surface area contributed by atoms with Crippen molar-refractivity contribution in [1.82, 2.24) is 4.90 Å². The molecule has 98 valence electrons. The van der Waals surface area contributed by atoms with Gasteiger partial charge in [-0.2, -0.15) is 0 Å². The van der Waals surface area contributed by atoms with Crippen molar-refractivity contribution in [3.8, 4) is 0 Å². The Hall–Kier alpha value is -0.610. The fraction of sp³-hybridized carbons (Fsp3) is 0.923. The second-order valence-corrected chi connectivity index (χ2v) is 5.30. The largest absolute Gasteiger partial charge is 0.381 e. The van der Waals surface area contributed by atoms with Gasteiger partial charge < -0.3 is 15.4 Å². The predicted octanol–water partition coefficient (Wildman–Crippen LogP) is 0.999. The summed E-state index contributed by atoms with van der Waals surface area (Å²) in [5.41, 5.74) is 5.99. The molecule has 2 rings (SSSR count). The van der Waals surface area contributed by atoms with Gasteiger partial charge in [0.25, 0.3) is 0 Å². The van der Waals surface area contributed by atoms with E-state index in [9.17, 15) is 4.79 Å². The number of hydrogen-bond donors (Lipinski definition) is 1. The smallest absolute Gasteiger partial charge is 0.227 e. The third-order valence-corrected chi connectivity index (χ3v) is 4.04. The molecule has 0 radical (unpaired) electrons. The molecule has 0 aromatic carbocycles. The summed E-state index contributed by atoms with van der Waals surface area (Å²) in [5, 5.41) is 0. The topological polar surface area (TPSA) is 55.6 Å². The lowest BCUT2D eigenvalue weighted by Crippen LogP contribution is -2.40. The van der Waals surface area contributed by atoms with Crippen molar-refractivity contribution in [1.29, 1.82) is 0 Å². The zero-order valence-corrected chi connectivity index (χ0v) is 10.7. The number of hydrogen-bond acceptors (Lipinski definition) is 3. The normalized spacial score (nSPS) is 33.3. The van der Waals surface area contributed by atoms with Gasteiger partial charge in [0.15, 0.2) is 0 Å². The summed E-state index contributed by atoms with van der Waals surface area (Å²) in [5.74, 6) is 0.895. The van der Waals surface area contributed by atoms with Crippen LogP contribution in [0.25, 0.3) is 0 Å². The Morgan fingerprint density at radius 2 is 2.24 bits per heavy atom. The van der Waals surface area contributed by atoms with Gasteiger partial charge in [0, 0.05) is 31.7 Å². The molecular formula is C13H24N2O2. The molecule has 4 nitrogen and oxygen atoms in total. The van der Waals surface area contributed by atoms with Crippen molar-refractivity contribution in [3.05, 3.63) is 0 Å². The Kier molecular flexibility index (Phi) is 4.40. The monoisotopic (exact) mass is 240 g/mol. The van der Waals surface area contributed by atoms with E-state index in [1.54, 1.807) is 0 Å². The molecule has 0 bridgehead atoms. The Morgan fingerprint density at radius 1 is 1.41 bits per heavy atom. The summed E-state index contributed by atoms with van der Waals surface area (Å²) >= 11 is 0. The van der Waals surface area contributed by atoms with E-state index in [1.807, 2.05) is 11.8 Å². The van der Waals surface area contributed by atoms with Gasteiger partial charge in [-0.05, 0) is 26.2 Å². The van der Waals surface area contributed by atoms with Gasteiger partial charge in [0.1, 0.15) is 0 Å². The molecule has 4 heteroatoms. The first kappa shape index (κ1) is 12.8. The number of nitrogens with zero attached hydrogens (tertiary/aromatic N) is 1. The molecule has 0 spiro atoms. The first-order chi connectivity index (χ1) is 8.22. The molecular weight excluding hydrogens is 216 g/mol. The summed E-state index contributed by atoms with van der Waals surface area (Å²) in [6.07, 6.45) is 4.17. The summed E-state index contributed by atoms with van der Waals surface area (Å²) in [6, 6.07) is 0.0911. The fourth-order valence-electron chi connectivity index (χ4n) is 2.98. The lowest BCUT2D eigenvalue weighted by Gasteiger charge is -2.23. The molecule has 2 fully saturated rings. The summed E-state index contributed by atoms with van der Waals surface area (Å²) in [4.78, 5) is 14.3. The summed E-state index contributed by atoms with van der Waals surface area (Å²) in [6.45, 7) is 5.31. The van der Waals surface area contributed by atoms with Crippen LogP contribution < -0.4 is 5.73 Å². The van der Waals surface area contributed by atoms with E-state index in [-0.39, 0.29) is 17.9 Å². The van der Waals surface area contributed by atoms with Crippen molar-refractivity contribution in [3.63, 3.8) is 0 Å². The lowest BCUT2D eigenvalue weighted by atomic mass is 10.0. The van der Waals surface area contributed by atoms with Crippen molar-refractivity contribution >= 4 is 5.91 Å². The second kappa shape index (κ2) is 5.83. The zero-order chi connectivity index (χ0) is 12.3. The van der Waals surface area contributed by atoms with Crippen molar-refractivity contribution in [2.24, 2.45) is 17.6 Å². The van der Waals surface area contributed by atoms with Crippen LogP contribution in [-0.4, -0.2) is 43.2 Å². The van der Waals surface area contributed by atoms with Gasteiger partial charge in [-0.25, -0.2) is 0 Å². The number of carbonyl (C=O) groups excluding carboxylic acids is 1. The standard InChI is InChI=1S/C13H24N2O2/c1-2-17-9-10-6-7-15(8-10)13(16)11-4-3-5-12(11)14/h10-12H,2-9,14H2,1H3/t10-,11+,12+/m1/s1. The Bertz CT molecular complexity index is 270. The van der Waals surface area contributed by atoms with Gasteiger partial charge in [0.05, 0.1) is 12.5 Å². The number of amides is 1. The van der Waals surface area contributed by atoms with Crippen LogP contribution in [0.4, 0.5) is 0 Å². The molecule has 1 aliphatic carbocycles. The highest BCUT2D eigenvalue weighted by atomic mass is 16.5. The molecule has 2 N–H and O–H groups in total. The van der Waals surface area contributed by atoms with Crippen LogP contribution >= 0.6 is 0 Å². The number of ether oxygens (including phenoxy) is 1. The Labute approximate surface area is 103 Å². The average molecular weight is 240 g/mol. The molecule has 3 atom stereocenters. The van der Waals surface area contributed by atoms with E-state index in [0.29, 0.717) is 5.92 Å². The van der Waals surface area contributed by atoms with E-state index >= 15 is 0 Å². The SMILES string of the molecule is CCOC[C@@H]1CCN(C(=O)[C@H]2CCC[C@@H]2N)C1. The number of likely N-dealkylation sites (tertiary alicyclic amines) is 1. The quantitative estimate of drug-likeness (QED) is 0.797. The molecule has 1 saturated carbocycles. The minimum Gasteiger partial charge on any atom is -0.381 e. The van der Waals surface area contributed by atoms with Crippen molar-refractivity contribution in [2.45, 2.75) is 38.6 Å². The molecule has 0 aromatic heterocycles. The minimum atomic E-state index is 0.0841. The van der Waals surface area contributed by atoms with E-state index in [1.165, 1.54) is 0 Å². The maximum Gasteiger partial charge on any atom is 0.227 e. The molecule has 17 heavy (non-hydrogen) atoms. The molecule has 1 amide bonds. The molecule has 0 unspecified atom stereocenters. The highest BCUT2D eigenvalue weighted by molar-refractivity contribution is 5.80. The number of carbonyl (C=O) groups is 1. The highest BCUT2D eigenvalue weighted by Gasteiger charge is 2.36. The zero-order valence-electron chi connectivity index (χ0n) is 10.7. The summed E-state index contributed by atoms with van der Waals surface area (Å²) in [7, 11) is 0. The Balaban J connectivity index is 1.81. The van der Waals surface area contributed by atoms with Crippen molar-refractivity contribution in [2.75, 3.05) is 26.3 Å². The minimum absolute atomic E-state index is 0.0841. The van der Waals surface area contributed by atoms with E-state index in [2.05, 4.69) is 0 Å². The molecule has 0 aromatic rings. The predicted molar refractivity (Wildman–Crippen MR) is 66.5 cm³/mol. The molecule has 2 aliphatic rings. The van der Waals surface area contributed by atoms with Crippen LogP contribution in [0.15, 0.2) is 0 Å². The third-order valence-electron chi connectivity index (χ3n) is 4.04. The van der Waals surface area contributed by atoms with Gasteiger partial charge >= 0.3 is 0 Å². The van der Waals surface area contributed by atoms with Crippen LogP contribution in [0.5, 0.6) is 0 Å². The van der Waals surface area contributed by atoms with Crippen LogP contribution in [-0.2, 0) is 9.53 Å². The van der Waals surface area contributed by atoms with Crippen LogP contribution in [0.1, 0.15) is 32.6 Å². The van der Waals surface area contributed by atoms with E-state index in [4.69, 9.17) is 10.5 Å². The highest BCUT2D eigenvalue weighted by Crippen LogP contribution is 2.28. The van der Waals surface area contributed by atoms with E-state index < -0.39 is 0 Å². The lowest BCUT2D eigenvalue weighted by molar-refractivity contribution is -0.134. The third kappa shape index (κ3) is 2.99. The molecule has 1 heterocycles. The number of nitrogens with two attached hydrogens (primary N) is 1. The first-order valence-electron chi connectivity index (χ1n) is 6.84. The van der Waals surface area contributed by atoms with Gasteiger partial charge in [-0.3, -0.25) is 4.79 Å². The first-order valence-corrected chi connectivity index (χ1v) is 6.84. The number of rotatable bonds is 4. The maximum absolute atomic E-state index is 12.3. The van der Waals surface area contributed by atoms with Crippen LogP contribution in [0.3, 0.4) is 0 Å². The fourth-order valence-corrected chi connectivity index (χ4v) is 2.98. The molecule has 1 saturated heterocycles. The van der Waals surface area contributed by atoms with Crippen LogP contribution in [0, 0.1) is 11.8 Å². The van der Waals surface area contributed by atoms with Gasteiger partial charge in [0.2, 0.25) is 5.91 Å². The Morgan fingerprint density at radius 3 is 2.88 bits per heavy atom. The van der Waals surface area contributed by atoms with Gasteiger partial charge in [-0.1, -0.05) is 6.42 Å².